The minimum Gasteiger partial charge on any atom is -0.352 e. The summed E-state index contributed by atoms with van der Waals surface area (Å²) in [6, 6.07) is 15.7. The number of rotatable bonds is 4. The molecule has 1 saturated carbocycles. The first-order valence-corrected chi connectivity index (χ1v) is 11.3. The van der Waals surface area contributed by atoms with Gasteiger partial charge in [-0.3, -0.25) is 4.79 Å². The van der Waals surface area contributed by atoms with Gasteiger partial charge in [0.15, 0.2) is 5.65 Å². The molecule has 0 bridgehead atoms. The van der Waals surface area contributed by atoms with E-state index in [9.17, 15) is 9.18 Å². The molecule has 6 rings (SSSR count). The van der Waals surface area contributed by atoms with Crippen molar-refractivity contribution < 1.29 is 9.18 Å². The van der Waals surface area contributed by atoms with Crippen molar-refractivity contribution in [3.63, 3.8) is 0 Å². The fourth-order valence-electron chi connectivity index (χ4n) is 4.33. The van der Waals surface area contributed by atoms with Gasteiger partial charge in [0.2, 0.25) is 0 Å². The van der Waals surface area contributed by atoms with Crippen molar-refractivity contribution in [1.82, 2.24) is 24.6 Å². The van der Waals surface area contributed by atoms with Crippen molar-refractivity contribution in [2.45, 2.75) is 18.8 Å². The van der Waals surface area contributed by atoms with E-state index in [2.05, 4.69) is 10.00 Å². The second-order valence-corrected chi connectivity index (χ2v) is 8.60. The highest BCUT2D eigenvalue weighted by Gasteiger charge is 2.31. The van der Waals surface area contributed by atoms with Crippen molar-refractivity contribution in [1.29, 1.82) is 0 Å². The lowest BCUT2D eigenvalue weighted by Crippen LogP contribution is -2.49. The number of carbonyl (C=O) groups is 1. The van der Waals surface area contributed by atoms with Crippen molar-refractivity contribution >= 4 is 22.8 Å². The van der Waals surface area contributed by atoms with E-state index in [4.69, 9.17) is 9.97 Å². The summed E-state index contributed by atoms with van der Waals surface area (Å²) >= 11 is 0. The molecule has 3 heterocycles. The van der Waals surface area contributed by atoms with Crippen LogP contribution in [0.15, 0.2) is 60.8 Å². The molecule has 0 unspecified atom stereocenters. The minimum absolute atomic E-state index is 0.0610. The van der Waals surface area contributed by atoms with E-state index in [-0.39, 0.29) is 11.7 Å². The van der Waals surface area contributed by atoms with Gasteiger partial charge in [-0.25, -0.2) is 19.0 Å². The van der Waals surface area contributed by atoms with Crippen LogP contribution in [0, 0.1) is 5.82 Å². The summed E-state index contributed by atoms with van der Waals surface area (Å²) in [6.45, 7) is 2.64. The van der Waals surface area contributed by atoms with E-state index in [1.165, 1.54) is 12.1 Å². The second kappa shape index (κ2) is 7.95. The number of nitrogens with zero attached hydrogens (tertiary/aromatic N) is 6. The van der Waals surface area contributed by atoms with E-state index in [0.29, 0.717) is 37.7 Å². The van der Waals surface area contributed by atoms with Gasteiger partial charge in [-0.15, -0.1) is 0 Å². The second-order valence-electron chi connectivity index (χ2n) is 8.60. The molecule has 2 aromatic carbocycles. The lowest BCUT2D eigenvalue weighted by molar-refractivity contribution is 0.0746. The van der Waals surface area contributed by atoms with Gasteiger partial charge >= 0.3 is 0 Å². The lowest BCUT2D eigenvalue weighted by Gasteiger charge is -2.35. The summed E-state index contributed by atoms with van der Waals surface area (Å²) < 4.78 is 15.2. The summed E-state index contributed by atoms with van der Waals surface area (Å²) in [6.07, 6.45) is 3.97. The molecule has 0 N–H and O–H groups in total. The van der Waals surface area contributed by atoms with Gasteiger partial charge in [-0.1, -0.05) is 18.2 Å². The Bertz CT molecular complexity index is 1310. The van der Waals surface area contributed by atoms with Crippen LogP contribution in [0.25, 0.3) is 16.7 Å². The molecule has 0 spiro atoms. The number of carbonyl (C=O) groups excluding carboxylic acids is 1. The smallest absolute Gasteiger partial charge is 0.253 e. The van der Waals surface area contributed by atoms with Gasteiger partial charge in [0, 0.05) is 37.7 Å². The topological polar surface area (TPSA) is 67.2 Å². The van der Waals surface area contributed by atoms with Gasteiger partial charge in [0.05, 0.1) is 17.3 Å². The summed E-state index contributed by atoms with van der Waals surface area (Å²) in [5, 5.41) is 5.42. The Morgan fingerprint density at radius 1 is 0.909 bits per heavy atom. The molecule has 7 nitrogen and oxygen atoms in total. The Kier molecular flexibility index (Phi) is 4.78. The van der Waals surface area contributed by atoms with Gasteiger partial charge in [0.25, 0.3) is 5.91 Å². The van der Waals surface area contributed by atoms with E-state index in [1.807, 2.05) is 35.2 Å². The van der Waals surface area contributed by atoms with Gasteiger partial charge < -0.3 is 9.80 Å². The average molecular weight is 442 g/mol. The zero-order chi connectivity index (χ0) is 22.4. The van der Waals surface area contributed by atoms with Gasteiger partial charge in [-0.2, -0.15) is 5.10 Å². The van der Waals surface area contributed by atoms with Crippen molar-refractivity contribution in [3.05, 3.63) is 78.0 Å². The minimum atomic E-state index is -0.285. The number of benzene rings is 2. The molecule has 0 radical (unpaired) electrons. The van der Waals surface area contributed by atoms with E-state index < -0.39 is 0 Å². The lowest BCUT2D eigenvalue weighted by atomic mass is 10.2. The first-order valence-electron chi connectivity index (χ1n) is 11.3. The van der Waals surface area contributed by atoms with Gasteiger partial charge in [0.1, 0.15) is 17.5 Å². The van der Waals surface area contributed by atoms with Crippen molar-refractivity contribution in [2.24, 2.45) is 0 Å². The first kappa shape index (κ1) is 19.8. The number of anilines is 1. The maximum absolute atomic E-state index is 13.4. The predicted molar refractivity (Wildman–Crippen MR) is 123 cm³/mol. The summed E-state index contributed by atoms with van der Waals surface area (Å²) in [5.41, 5.74) is 2.21. The maximum Gasteiger partial charge on any atom is 0.253 e. The van der Waals surface area contributed by atoms with Crippen molar-refractivity contribution in [3.8, 4) is 5.69 Å². The Hall–Kier alpha value is -3.81. The summed E-state index contributed by atoms with van der Waals surface area (Å²) in [5.74, 6) is 1.86. The molecular formula is C25H23FN6O. The monoisotopic (exact) mass is 442 g/mol. The SMILES string of the molecule is O=C(c1ccccc1)N1CCN(c2nc(C3CC3)nc3c2cnn3-c2ccc(F)cc2)CC1. The molecule has 2 fully saturated rings. The predicted octanol–water partition coefficient (Wildman–Crippen LogP) is 3.79. The molecule has 0 atom stereocenters. The van der Waals surface area contributed by atoms with Crippen LogP contribution in [0.2, 0.25) is 0 Å². The maximum atomic E-state index is 13.4. The molecule has 2 aliphatic rings. The highest BCUT2D eigenvalue weighted by Crippen LogP contribution is 2.40. The molecule has 2 aromatic heterocycles. The van der Waals surface area contributed by atoms with Gasteiger partial charge in [-0.05, 0) is 49.2 Å². The Labute approximate surface area is 190 Å². The third-order valence-electron chi connectivity index (χ3n) is 6.33. The molecule has 1 aliphatic heterocycles. The number of halogens is 1. The standard InChI is InChI=1S/C25H23FN6O/c26-19-8-10-20(11-9-19)32-24-21(16-27-32)23(28-22(29-24)17-6-7-17)30-12-14-31(15-13-30)25(33)18-4-2-1-3-5-18/h1-5,8-11,16-17H,6-7,12-15H2. The van der Waals surface area contributed by atoms with Crippen LogP contribution in [-0.2, 0) is 0 Å². The largest absolute Gasteiger partial charge is 0.352 e. The molecule has 166 valence electrons. The third kappa shape index (κ3) is 3.71. The molecule has 33 heavy (non-hydrogen) atoms. The number of piperazine rings is 1. The van der Waals surface area contributed by atoms with Crippen LogP contribution in [0.3, 0.4) is 0 Å². The van der Waals surface area contributed by atoms with Crippen LogP contribution in [0.4, 0.5) is 10.2 Å². The van der Waals surface area contributed by atoms with Crippen LogP contribution in [0.5, 0.6) is 0 Å². The van der Waals surface area contributed by atoms with E-state index in [1.54, 1.807) is 23.0 Å². The van der Waals surface area contributed by atoms with Crippen LogP contribution >= 0.6 is 0 Å². The Balaban J connectivity index is 1.31. The Morgan fingerprint density at radius 3 is 2.33 bits per heavy atom. The van der Waals surface area contributed by atoms with Crippen LogP contribution in [0.1, 0.15) is 34.9 Å². The van der Waals surface area contributed by atoms with Crippen LogP contribution < -0.4 is 4.90 Å². The molecule has 1 aliphatic carbocycles. The number of amides is 1. The molecular weight excluding hydrogens is 419 g/mol. The fourth-order valence-corrected chi connectivity index (χ4v) is 4.33. The molecule has 8 heteroatoms. The van der Waals surface area contributed by atoms with E-state index in [0.717, 1.165) is 41.2 Å². The fraction of sp³-hybridized carbons (Fsp3) is 0.280. The number of aromatic nitrogens is 4. The quantitative estimate of drug-likeness (QED) is 0.481. The summed E-state index contributed by atoms with van der Waals surface area (Å²) in [4.78, 5) is 26.7. The number of hydrogen-bond donors (Lipinski definition) is 0. The number of fused-ring (bicyclic) bond motifs is 1. The van der Waals surface area contributed by atoms with Crippen molar-refractivity contribution in [2.75, 3.05) is 31.1 Å². The zero-order valence-corrected chi connectivity index (χ0v) is 18.1. The average Bonchev–Trinajstić information content (AvgIpc) is 3.63. The molecule has 4 aromatic rings. The van der Waals surface area contributed by atoms with E-state index >= 15 is 0 Å². The number of hydrogen-bond acceptors (Lipinski definition) is 5. The zero-order valence-electron chi connectivity index (χ0n) is 18.1. The molecule has 1 amide bonds. The summed E-state index contributed by atoms with van der Waals surface area (Å²) in [7, 11) is 0. The van der Waals surface area contributed by atoms with Crippen LogP contribution in [-0.4, -0.2) is 56.7 Å². The highest BCUT2D eigenvalue weighted by atomic mass is 19.1. The third-order valence-corrected chi connectivity index (χ3v) is 6.33. The highest BCUT2D eigenvalue weighted by molar-refractivity contribution is 5.94. The Morgan fingerprint density at radius 2 is 1.64 bits per heavy atom. The molecule has 1 saturated heterocycles. The first-order chi connectivity index (χ1) is 16.2. The normalized spacial score (nSPS) is 16.4.